The van der Waals surface area contributed by atoms with E-state index in [0.29, 0.717) is 16.3 Å². The van der Waals surface area contributed by atoms with E-state index >= 15 is 0 Å². The first kappa shape index (κ1) is 15.1. The highest BCUT2D eigenvalue weighted by Gasteiger charge is 2.08. The van der Waals surface area contributed by atoms with E-state index in [-0.39, 0.29) is 0 Å². The van der Waals surface area contributed by atoms with Gasteiger partial charge in [0.25, 0.3) is 0 Å². The number of hydrogen-bond acceptors (Lipinski definition) is 4. The number of nitrogens with one attached hydrogen (secondary N) is 1. The van der Waals surface area contributed by atoms with Crippen LogP contribution in [0, 0.1) is 4.77 Å². The van der Waals surface area contributed by atoms with E-state index in [1.807, 2.05) is 61.5 Å². The Balaban J connectivity index is 1.90. The van der Waals surface area contributed by atoms with Gasteiger partial charge in [0.05, 0.1) is 6.21 Å². The molecule has 2 heterocycles. The summed E-state index contributed by atoms with van der Waals surface area (Å²) >= 11 is 5.24. The first-order valence-corrected chi connectivity index (χ1v) is 7.51. The summed E-state index contributed by atoms with van der Waals surface area (Å²) in [6.45, 7) is 1.99. The zero-order chi connectivity index (χ0) is 16.1. The van der Waals surface area contributed by atoms with Crippen molar-refractivity contribution in [2.24, 2.45) is 5.10 Å². The van der Waals surface area contributed by atoms with Crippen LogP contribution in [0.25, 0.3) is 17.6 Å². The molecule has 0 saturated heterocycles. The average Bonchev–Trinajstić information content (AvgIpc) is 2.95. The first-order valence-electron chi connectivity index (χ1n) is 7.10. The topological polar surface area (TPSA) is 58.9 Å². The average molecular weight is 321 g/mol. The number of benzene rings is 1. The maximum absolute atomic E-state index is 5.24. The Kier molecular flexibility index (Phi) is 4.54. The van der Waals surface area contributed by atoms with Crippen molar-refractivity contribution < 1.29 is 0 Å². The highest BCUT2D eigenvalue weighted by Crippen LogP contribution is 2.13. The van der Waals surface area contributed by atoms with Crippen LogP contribution in [-0.2, 0) is 0 Å². The highest BCUT2D eigenvalue weighted by atomic mass is 32.1. The number of H-pyrrole nitrogens is 1. The van der Waals surface area contributed by atoms with Crippen LogP contribution in [0.1, 0.15) is 12.5 Å². The zero-order valence-electron chi connectivity index (χ0n) is 12.5. The van der Waals surface area contributed by atoms with Gasteiger partial charge >= 0.3 is 0 Å². The van der Waals surface area contributed by atoms with Gasteiger partial charge in [0.2, 0.25) is 10.6 Å². The molecule has 0 bridgehead atoms. The second kappa shape index (κ2) is 6.93. The fourth-order valence-electron chi connectivity index (χ4n) is 2.06. The van der Waals surface area contributed by atoms with Gasteiger partial charge in [-0.05, 0) is 42.4 Å². The van der Waals surface area contributed by atoms with Gasteiger partial charge in [-0.15, -0.1) is 0 Å². The summed E-state index contributed by atoms with van der Waals surface area (Å²) in [6.07, 6.45) is 5.51. The number of aromatic nitrogens is 4. The summed E-state index contributed by atoms with van der Waals surface area (Å²) in [4.78, 5) is 4.28. The Labute approximate surface area is 139 Å². The summed E-state index contributed by atoms with van der Waals surface area (Å²) in [5.74, 6) is 0.583. The fraction of sp³-hybridized carbons (Fsp3) is 0.0588. The molecule has 3 aromatic rings. The minimum absolute atomic E-state index is 0.425. The number of nitrogens with zero attached hydrogens (tertiary/aromatic N) is 4. The lowest BCUT2D eigenvalue weighted by atomic mass is 10.1. The molecule has 1 N–H and O–H groups in total. The maximum Gasteiger partial charge on any atom is 0.216 e. The van der Waals surface area contributed by atoms with E-state index in [1.165, 1.54) is 0 Å². The third-order valence-corrected chi connectivity index (χ3v) is 3.38. The monoisotopic (exact) mass is 321 g/mol. The minimum atomic E-state index is 0.425. The van der Waals surface area contributed by atoms with Crippen molar-refractivity contribution in [3.05, 3.63) is 70.6 Å². The summed E-state index contributed by atoms with van der Waals surface area (Å²) in [5.41, 5.74) is 2.84. The quantitative estimate of drug-likeness (QED) is 0.585. The van der Waals surface area contributed by atoms with Crippen LogP contribution in [0.3, 0.4) is 0 Å². The van der Waals surface area contributed by atoms with Crippen molar-refractivity contribution in [2.45, 2.75) is 6.92 Å². The summed E-state index contributed by atoms with van der Waals surface area (Å²) in [6, 6.07) is 15.7. The van der Waals surface area contributed by atoms with Crippen LogP contribution in [0.15, 0.2) is 65.4 Å². The lowest BCUT2D eigenvalue weighted by Gasteiger charge is -2.00. The van der Waals surface area contributed by atoms with Gasteiger partial charge in [0.15, 0.2) is 0 Å². The van der Waals surface area contributed by atoms with Crippen molar-refractivity contribution in [1.29, 1.82) is 0 Å². The summed E-state index contributed by atoms with van der Waals surface area (Å²) < 4.78 is 1.99. The van der Waals surface area contributed by atoms with Gasteiger partial charge in [-0.3, -0.25) is 4.98 Å². The smallest absolute Gasteiger partial charge is 0.216 e. The molecular weight excluding hydrogens is 306 g/mol. The van der Waals surface area contributed by atoms with Gasteiger partial charge in [-0.1, -0.05) is 42.5 Å². The Morgan fingerprint density at radius 1 is 1.17 bits per heavy atom. The largest absolute Gasteiger partial charge is 0.253 e. The molecular formula is C17H15N5S. The molecule has 0 radical (unpaired) electrons. The Hall–Kier alpha value is -2.86. The number of allylic oxidation sites excluding steroid dienone is 1. The predicted molar refractivity (Wildman–Crippen MR) is 94.6 cm³/mol. The second-order valence-corrected chi connectivity index (χ2v) is 5.31. The van der Waals surface area contributed by atoms with Gasteiger partial charge in [0.1, 0.15) is 5.69 Å². The first-order chi connectivity index (χ1) is 11.2. The van der Waals surface area contributed by atoms with Crippen molar-refractivity contribution in [3.8, 4) is 11.5 Å². The molecule has 0 unspecified atom stereocenters. The third kappa shape index (κ3) is 3.67. The number of pyridine rings is 1. The van der Waals surface area contributed by atoms with Crippen LogP contribution in [-0.4, -0.2) is 26.1 Å². The van der Waals surface area contributed by atoms with Crippen molar-refractivity contribution >= 4 is 24.5 Å². The molecule has 0 amide bonds. The van der Waals surface area contributed by atoms with Crippen LogP contribution in [0.5, 0.6) is 0 Å². The van der Waals surface area contributed by atoms with Gasteiger partial charge in [0, 0.05) is 6.20 Å². The Bertz CT molecular complexity index is 891. The molecule has 0 atom stereocenters. The molecule has 0 aliphatic rings. The van der Waals surface area contributed by atoms with E-state index < -0.39 is 0 Å². The zero-order valence-corrected chi connectivity index (χ0v) is 13.4. The Morgan fingerprint density at radius 2 is 1.96 bits per heavy atom. The van der Waals surface area contributed by atoms with E-state index in [9.17, 15) is 0 Å². The maximum atomic E-state index is 5.24. The number of aromatic amines is 1. The van der Waals surface area contributed by atoms with Crippen molar-refractivity contribution in [1.82, 2.24) is 19.9 Å². The standard InChI is InChI=1S/C17H15N5S/c1-13(11-14-7-3-2-4-8-14)12-19-22-16(20-21-17(22)23)15-9-5-6-10-18-15/h2-12H,1H3,(H,21,23)/b13-11?,19-12+. The fourth-order valence-corrected chi connectivity index (χ4v) is 2.24. The second-order valence-electron chi connectivity index (χ2n) is 4.92. The van der Waals surface area contributed by atoms with Crippen LogP contribution >= 0.6 is 12.2 Å². The third-order valence-electron chi connectivity index (χ3n) is 3.12. The molecule has 0 spiro atoms. The van der Waals surface area contributed by atoms with Gasteiger partial charge in [-0.2, -0.15) is 14.9 Å². The summed E-state index contributed by atoms with van der Waals surface area (Å²) in [5, 5.41) is 11.4. The molecule has 0 aliphatic carbocycles. The van der Waals surface area contributed by atoms with E-state index in [1.54, 1.807) is 17.1 Å². The molecule has 3 rings (SSSR count). The van der Waals surface area contributed by atoms with Gasteiger partial charge < -0.3 is 0 Å². The molecule has 0 saturated carbocycles. The van der Waals surface area contributed by atoms with Crippen LogP contribution in [0.2, 0.25) is 0 Å². The number of rotatable bonds is 4. The summed E-state index contributed by atoms with van der Waals surface area (Å²) in [7, 11) is 0. The van der Waals surface area contributed by atoms with Crippen molar-refractivity contribution in [3.63, 3.8) is 0 Å². The molecule has 114 valence electrons. The molecule has 6 heteroatoms. The minimum Gasteiger partial charge on any atom is -0.253 e. The van der Waals surface area contributed by atoms with E-state index in [2.05, 4.69) is 20.3 Å². The molecule has 1 aromatic carbocycles. The molecule has 0 fully saturated rings. The van der Waals surface area contributed by atoms with E-state index in [4.69, 9.17) is 12.2 Å². The molecule has 23 heavy (non-hydrogen) atoms. The van der Waals surface area contributed by atoms with E-state index in [0.717, 1.165) is 11.1 Å². The lowest BCUT2D eigenvalue weighted by Crippen LogP contribution is -1.96. The van der Waals surface area contributed by atoms with Crippen LogP contribution in [0.4, 0.5) is 0 Å². The Morgan fingerprint density at radius 3 is 2.70 bits per heavy atom. The SMILES string of the molecule is CC(=Cc1ccccc1)/C=N/n1c(-c2ccccn2)n[nH]c1=S. The van der Waals surface area contributed by atoms with Crippen molar-refractivity contribution in [2.75, 3.05) is 0 Å². The van der Waals surface area contributed by atoms with Gasteiger partial charge in [-0.25, -0.2) is 5.10 Å². The lowest BCUT2D eigenvalue weighted by molar-refractivity contribution is 0.867. The number of hydrogen-bond donors (Lipinski definition) is 1. The highest BCUT2D eigenvalue weighted by molar-refractivity contribution is 7.71. The molecule has 2 aromatic heterocycles. The normalized spacial score (nSPS) is 12.0. The predicted octanol–water partition coefficient (Wildman–Crippen LogP) is 3.94. The molecule has 5 nitrogen and oxygen atoms in total. The van der Waals surface area contributed by atoms with Crippen LogP contribution < -0.4 is 0 Å². The molecule has 0 aliphatic heterocycles.